The molecule has 0 saturated heterocycles. The van der Waals surface area contributed by atoms with Crippen molar-refractivity contribution in [3.63, 3.8) is 0 Å². The average Bonchev–Trinajstić information content (AvgIpc) is 3.49. The third kappa shape index (κ3) is 7.31. The molecule has 0 aliphatic heterocycles. The van der Waals surface area contributed by atoms with E-state index in [1.165, 1.54) is 17.0 Å². The molecule has 1 N–H and O–H groups in total. The average molecular weight is 592 g/mol. The van der Waals surface area contributed by atoms with Crippen LogP contribution in [0.2, 0.25) is 0 Å². The summed E-state index contributed by atoms with van der Waals surface area (Å²) in [6.07, 6.45) is 3.97. The third-order valence-corrected chi connectivity index (χ3v) is 9.57. The molecule has 0 spiro atoms. The molecule has 42 heavy (non-hydrogen) atoms. The summed E-state index contributed by atoms with van der Waals surface area (Å²) in [5.74, 6) is -0.387. The standard InChI is InChI=1S/C33H41N3O5S/c1-5-41-31-17-11-10-16-30(31)36(42(39,40)29-20-18-24(2)19-21-29)23-32(37)35(22-27-13-7-6-12-25(27)3)26(4)33(38)34-28-14-8-9-15-28/h6-7,10-13,16-21,26,28H,5,8-9,14-15,22-23H2,1-4H3,(H,34,38)/t26-/m1/s1. The van der Waals surface area contributed by atoms with E-state index >= 15 is 0 Å². The SMILES string of the molecule is CCOc1ccccc1N(CC(=O)N(Cc1ccccc1C)[C@H](C)C(=O)NC1CCCC1)S(=O)(=O)c1ccc(C)cc1. The molecular weight excluding hydrogens is 550 g/mol. The lowest BCUT2D eigenvalue weighted by atomic mass is 10.1. The number of carbonyl (C=O) groups excluding carboxylic acids is 2. The van der Waals surface area contributed by atoms with Gasteiger partial charge in [-0.3, -0.25) is 13.9 Å². The van der Waals surface area contributed by atoms with Crippen LogP contribution in [0.3, 0.4) is 0 Å². The summed E-state index contributed by atoms with van der Waals surface area (Å²) < 4.78 is 35.1. The number of para-hydroxylation sites is 2. The fourth-order valence-electron chi connectivity index (χ4n) is 5.24. The highest BCUT2D eigenvalue weighted by Gasteiger charge is 2.34. The van der Waals surface area contributed by atoms with Gasteiger partial charge in [-0.25, -0.2) is 8.42 Å². The van der Waals surface area contributed by atoms with Gasteiger partial charge in [0.15, 0.2) is 0 Å². The molecule has 224 valence electrons. The van der Waals surface area contributed by atoms with Crippen molar-refractivity contribution in [2.75, 3.05) is 17.5 Å². The maximum atomic E-state index is 14.2. The lowest BCUT2D eigenvalue weighted by Crippen LogP contribution is -2.52. The van der Waals surface area contributed by atoms with E-state index in [0.717, 1.165) is 46.7 Å². The molecule has 0 aromatic heterocycles. The minimum Gasteiger partial charge on any atom is -0.492 e. The largest absolute Gasteiger partial charge is 0.492 e. The lowest BCUT2D eigenvalue weighted by Gasteiger charge is -2.33. The van der Waals surface area contributed by atoms with Gasteiger partial charge in [-0.15, -0.1) is 0 Å². The number of aryl methyl sites for hydroxylation is 2. The molecule has 0 bridgehead atoms. The van der Waals surface area contributed by atoms with Crippen LogP contribution in [0.4, 0.5) is 5.69 Å². The molecule has 4 rings (SSSR count). The van der Waals surface area contributed by atoms with Gasteiger partial charge in [-0.2, -0.15) is 0 Å². The molecule has 1 fully saturated rings. The van der Waals surface area contributed by atoms with Gasteiger partial charge < -0.3 is 15.0 Å². The van der Waals surface area contributed by atoms with Crippen molar-refractivity contribution in [1.29, 1.82) is 0 Å². The van der Waals surface area contributed by atoms with Crippen LogP contribution in [0.15, 0.2) is 77.7 Å². The normalized spacial score (nSPS) is 14.3. The zero-order valence-electron chi connectivity index (χ0n) is 24.9. The monoisotopic (exact) mass is 591 g/mol. The van der Waals surface area contributed by atoms with Crippen LogP contribution in [0.25, 0.3) is 0 Å². The first-order valence-corrected chi connectivity index (χ1v) is 16.0. The molecule has 1 aliphatic rings. The molecule has 0 unspecified atom stereocenters. The predicted molar refractivity (Wildman–Crippen MR) is 165 cm³/mol. The fourth-order valence-corrected chi connectivity index (χ4v) is 6.66. The number of benzene rings is 3. The Morgan fingerprint density at radius 2 is 1.60 bits per heavy atom. The molecule has 3 aromatic carbocycles. The van der Waals surface area contributed by atoms with Gasteiger partial charge in [0, 0.05) is 12.6 Å². The number of rotatable bonds is 12. The van der Waals surface area contributed by atoms with Crippen LogP contribution in [-0.2, 0) is 26.2 Å². The topological polar surface area (TPSA) is 96.0 Å². The quantitative estimate of drug-likeness (QED) is 0.305. The number of anilines is 1. The second-order valence-corrected chi connectivity index (χ2v) is 12.7. The van der Waals surface area contributed by atoms with E-state index in [2.05, 4.69) is 5.32 Å². The van der Waals surface area contributed by atoms with E-state index in [1.807, 2.05) is 45.0 Å². The van der Waals surface area contributed by atoms with Gasteiger partial charge in [0.2, 0.25) is 11.8 Å². The summed E-state index contributed by atoms with van der Waals surface area (Å²) >= 11 is 0. The first kappa shape index (κ1) is 31.1. The van der Waals surface area contributed by atoms with Crippen molar-refractivity contribution in [2.24, 2.45) is 0 Å². The molecule has 1 saturated carbocycles. The molecule has 9 heteroatoms. The van der Waals surface area contributed by atoms with Gasteiger partial charge in [0.05, 0.1) is 17.2 Å². The highest BCUT2D eigenvalue weighted by atomic mass is 32.2. The van der Waals surface area contributed by atoms with Gasteiger partial charge in [0.25, 0.3) is 10.0 Å². The Morgan fingerprint density at radius 1 is 0.952 bits per heavy atom. The Kier molecular flexibility index (Phi) is 10.3. The molecule has 1 aliphatic carbocycles. The second kappa shape index (κ2) is 13.9. The van der Waals surface area contributed by atoms with Gasteiger partial charge in [0.1, 0.15) is 18.3 Å². The summed E-state index contributed by atoms with van der Waals surface area (Å²) in [5.41, 5.74) is 3.03. The maximum absolute atomic E-state index is 14.2. The number of hydrogen-bond donors (Lipinski definition) is 1. The van der Waals surface area contributed by atoms with Crippen molar-refractivity contribution >= 4 is 27.5 Å². The van der Waals surface area contributed by atoms with Crippen molar-refractivity contribution < 1.29 is 22.7 Å². The highest BCUT2D eigenvalue weighted by molar-refractivity contribution is 7.92. The Labute approximate surface area is 249 Å². The fraction of sp³-hybridized carbons (Fsp3) is 0.394. The number of hydrogen-bond acceptors (Lipinski definition) is 5. The molecule has 3 aromatic rings. The minimum absolute atomic E-state index is 0.0599. The molecule has 0 radical (unpaired) electrons. The van der Waals surface area contributed by atoms with E-state index in [-0.39, 0.29) is 29.1 Å². The molecule has 1 atom stereocenters. The number of nitrogens with zero attached hydrogens (tertiary/aromatic N) is 2. The van der Waals surface area contributed by atoms with Crippen molar-refractivity contribution in [2.45, 2.75) is 76.9 Å². The van der Waals surface area contributed by atoms with E-state index in [0.29, 0.717) is 12.4 Å². The summed E-state index contributed by atoms with van der Waals surface area (Å²) in [4.78, 5) is 29.2. The molecular formula is C33H41N3O5S. The van der Waals surface area contributed by atoms with Crippen LogP contribution in [0.5, 0.6) is 5.75 Å². The van der Waals surface area contributed by atoms with Gasteiger partial charge >= 0.3 is 0 Å². The first-order chi connectivity index (χ1) is 20.1. The maximum Gasteiger partial charge on any atom is 0.264 e. The highest BCUT2D eigenvalue weighted by Crippen LogP contribution is 2.33. The Bertz CT molecular complexity index is 1480. The number of nitrogens with one attached hydrogen (secondary N) is 1. The van der Waals surface area contributed by atoms with E-state index in [1.54, 1.807) is 43.3 Å². The van der Waals surface area contributed by atoms with Crippen LogP contribution in [0, 0.1) is 13.8 Å². The van der Waals surface area contributed by atoms with Crippen LogP contribution in [0.1, 0.15) is 56.2 Å². The zero-order valence-corrected chi connectivity index (χ0v) is 25.7. The zero-order chi connectivity index (χ0) is 30.3. The summed E-state index contributed by atoms with van der Waals surface area (Å²) in [5, 5.41) is 3.10. The predicted octanol–water partition coefficient (Wildman–Crippen LogP) is 5.37. The molecule has 8 nitrogen and oxygen atoms in total. The Hall–Kier alpha value is -3.85. The van der Waals surface area contributed by atoms with Crippen molar-refractivity contribution in [1.82, 2.24) is 10.2 Å². The van der Waals surface area contributed by atoms with Gasteiger partial charge in [-0.1, -0.05) is 66.9 Å². The van der Waals surface area contributed by atoms with Crippen LogP contribution in [-0.4, -0.2) is 50.4 Å². The number of amides is 2. The smallest absolute Gasteiger partial charge is 0.264 e. The van der Waals surface area contributed by atoms with Crippen molar-refractivity contribution in [3.05, 3.63) is 89.5 Å². The number of ether oxygens (including phenoxy) is 1. The number of sulfonamides is 1. The summed E-state index contributed by atoms with van der Waals surface area (Å²) in [7, 11) is -4.18. The molecule has 2 amide bonds. The minimum atomic E-state index is -4.18. The van der Waals surface area contributed by atoms with E-state index < -0.39 is 28.5 Å². The Morgan fingerprint density at radius 3 is 2.26 bits per heavy atom. The molecule has 0 heterocycles. The third-order valence-electron chi connectivity index (χ3n) is 7.79. The number of carbonyl (C=O) groups is 2. The van der Waals surface area contributed by atoms with Crippen LogP contribution >= 0.6 is 0 Å². The summed E-state index contributed by atoms with van der Waals surface area (Å²) in [6.45, 7) is 7.32. The van der Waals surface area contributed by atoms with Gasteiger partial charge in [-0.05, 0) is 75.9 Å². The van der Waals surface area contributed by atoms with Crippen LogP contribution < -0.4 is 14.4 Å². The van der Waals surface area contributed by atoms with E-state index in [4.69, 9.17) is 4.74 Å². The lowest BCUT2D eigenvalue weighted by molar-refractivity contribution is -0.139. The van der Waals surface area contributed by atoms with E-state index in [9.17, 15) is 18.0 Å². The second-order valence-electron chi connectivity index (χ2n) is 10.8. The van der Waals surface area contributed by atoms with Crippen molar-refractivity contribution in [3.8, 4) is 5.75 Å². The summed E-state index contributed by atoms with van der Waals surface area (Å²) in [6, 6.07) is 20.3. The first-order valence-electron chi connectivity index (χ1n) is 14.6. The Balaban J connectivity index is 1.73.